The van der Waals surface area contributed by atoms with E-state index in [1.54, 1.807) is 6.26 Å². The molecule has 1 fully saturated rings. The summed E-state index contributed by atoms with van der Waals surface area (Å²) in [5.41, 5.74) is 4.86. The van der Waals surface area contributed by atoms with Gasteiger partial charge in [0, 0.05) is 56.0 Å². The second-order valence-electron chi connectivity index (χ2n) is 7.04. The second kappa shape index (κ2) is 6.18. The predicted molar refractivity (Wildman–Crippen MR) is 105 cm³/mol. The lowest BCUT2D eigenvalue weighted by molar-refractivity contribution is 0.250. The van der Waals surface area contributed by atoms with Crippen LogP contribution < -0.4 is 4.90 Å². The van der Waals surface area contributed by atoms with Gasteiger partial charge in [0.15, 0.2) is 0 Å². The number of aromatic amines is 1. The lowest BCUT2D eigenvalue weighted by Crippen LogP contribution is -2.46. The zero-order valence-corrected chi connectivity index (χ0v) is 14.9. The number of piperazine rings is 1. The quantitative estimate of drug-likeness (QED) is 0.610. The fraction of sp³-hybridized carbons (Fsp3) is 0.286. The first-order valence-electron chi connectivity index (χ1n) is 9.15. The molecule has 5 nitrogen and oxygen atoms in total. The predicted octanol–water partition coefficient (Wildman–Crippen LogP) is 3.94. The molecule has 5 heteroatoms. The summed E-state index contributed by atoms with van der Waals surface area (Å²) in [4.78, 5) is 12.9. The van der Waals surface area contributed by atoms with Crippen molar-refractivity contribution in [2.24, 2.45) is 0 Å². The summed E-state index contributed by atoms with van der Waals surface area (Å²) >= 11 is 0. The van der Waals surface area contributed by atoms with Crippen molar-refractivity contribution in [2.75, 3.05) is 31.1 Å². The first-order valence-corrected chi connectivity index (χ1v) is 9.15. The van der Waals surface area contributed by atoms with Crippen molar-refractivity contribution >= 4 is 27.7 Å². The van der Waals surface area contributed by atoms with Crippen LogP contribution in [-0.4, -0.2) is 41.0 Å². The molecule has 4 heterocycles. The van der Waals surface area contributed by atoms with Crippen molar-refractivity contribution in [3.63, 3.8) is 0 Å². The van der Waals surface area contributed by atoms with Gasteiger partial charge in [0.1, 0.15) is 11.4 Å². The molecular weight excluding hydrogens is 324 g/mol. The van der Waals surface area contributed by atoms with Gasteiger partial charge in [-0.15, -0.1) is 0 Å². The third-order valence-electron chi connectivity index (χ3n) is 5.43. The highest BCUT2D eigenvalue weighted by Crippen LogP contribution is 2.27. The number of para-hydroxylation sites is 1. The van der Waals surface area contributed by atoms with Gasteiger partial charge in [0.05, 0.1) is 11.6 Å². The minimum Gasteiger partial charge on any atom is -0.464 e. The average molecular weight is 346 g/mol. The van der Waals surface area contributed by atoms with Gasteiger partial charge in [0.2, 0.25) is 0 Å². The SMILES string of the molecule is Cc1cccc2c(CN3CCN(c4nccc5occc45)CC3)c[nH]c12. The maximum Gasteiger partial charge on any atom is 0.139 e. The molecule has 0 unspecified atom stereocenters. The number of nitrogens with zero attached hydrogens (tertiary/aromatic N) is 3. The number of benzene rings is 1. The van der Waals surface area contributed by atoms with Crippen LogP contribution in [0.2, 0.25) is 0 Å². The second-order valence-corrected chi connectivity index (χ2v) is 7.04. The number of rotatable bonds is 3. The Bertz CT molecular complexity index is 1060. The molecule has 132 valence electrons. The smallest absolute Gasteiger partial charge is 0.139 e. The van der Waals surface area contributed by atoms with E-state index in [0.717, 1.165) is 49.5 Å². The van der Waals surface area contributed by atoms with E-state index in [-0.39, 0.29) is 0 Å². The lowest BCUT2D eigenvalue weighted by Gasteiger charge is -2.35. The molecule has 5 rings (SSSR count). The third kappa shape index (κ3) is 2.56. The minimum atomic E-state index is 0.909. The van der Waals surface area contributed by atoms with Crippen molar-refractivity contribution in [2.45, 2.75) is 13.5 Å². The maximum absolute atomic E-state index is 5.51. The molecule has 0 radical (unpaired) electrons. The van der Waals surface area contributed by atoms with E-state index in [9.17, 15) is 0 Å². The normalized spacial score (nSPS) is 16.0. The molecule has 0 spiro atoms. The molecule has 0 bridgehead atoms. The molecule has 1 saturated heterocycles. The van der Waals surface area contributed by atoms with Crippen LogP contribution in [0.4, 0.5) is 5.82 Å². The monoisotopic (exact) mass is 346 g/mol. The molecule has 0 atom stereocenters. The minimum absolute atomic E-state index is 0.909. The van der Waals surface area contributed by atoms with E-state index in [4.69, 9.17) is 4.42 Å². The van der Waals surface area contributed by atoms with Crippen LogP contribution in [-0.2, 0) is 6.54 Å². The van der Waals surface area contributed by atoms with Gasteiger partial charge in [-0.25, -0.2) is 4.98 Å². The molecule has 26 heavy (non-hydrogen) atoms. The van der Waals surface area contributed by atoms with E-state index in [0.29, 0.717) is 0 Å². The van der Waals surface area contributed by atoms with Gasteiger partial charge >= 0.3 is 0 Å². The van der Waals surface area contributed by atoms with Crippen LogP contribution in [0.1, 0.15) is 11.1 Å². The Hall–Kier alpha value is -2.79. The topological polar surface area (TPSA) is 48.3 Å². The van der Waals surface area contributed by atoms with Crippen LogP contribution in [0.15, 0.2) is 53.4 Å². The van der Waals surface area contributed by atoms with Crippen LogP contribution in [0.5, 0.6) is 0 Å². The summed E-state index contributed by atoms with van der Waals surface area (Å²) in [5, 5.41) is 2.45. The van der Waals surface area contributed by atoms with Crippen molar-refractivity contribution in [3.8, 4) is 0 Å². The number of aromatic nitrogens is 2. The van der Waals surface area contributed by atoms with Gasteiger partial charge in [-0.05, 0) is 30.2 Å². The molecule has 1 N–H and O–H groups in total. The van der Waals surface area contributed by atoms with Gasteiger partial charge in [-0.1, -0.05) is 18.2 Å². The highest BCUT2D eigenvalue weighted by molar-refractivity contribution is 5.88. The van der Waals surface area contributed by atoms with Crippen LogP contribution >= 0.6 is 0 Å². The molecule has 1 aliphatic heterocycles. The molecular formula is C21H22N4O. The summed E-state index contributed by atoms with van der Waals surface area (Å²) in [5.74, 6) is 1.04. The fourth-order valence-corrected chi connectivity index (χ4v) is 3.99. The number of fused-ring (bicyclic) bond motifs is 2. The highest BCUT2D eigenvalue weighted by atomic mass is 16.3. The van der Waals surface area contributed by atoms with E-state index in [1.165, 1.54) is 22.0 Å². The van der Waals surface area contributed by atoms with Gasteiger partial charge in [-0.2, -0.15) is 0 Å². The van der Waals surface area contributed by atoms with Crippen molar-refractivity contribution in [3.05, 3.63) is 60.1 Å². The van der Waals surface area contributed by atoms with E-state index < -0.39 is 0 Å². The lowest BCUT2D eigenvalue weighted by atomic mass is 10.1. The Labute approximate surface area is 152 Å². The molecule has 1 aromatic carbocycles. The van der Waals surface area contributed by atoms with Gasteiger partial charge < -0.3 is 14.3 Å². The van der Waals surface area contributed by atoms with E-state index in [1.807, 2.05) is 18.3 Å². The zero-order chi connectivity index (χ0) is 17.5. The molecule has 0 saturated carbocycles. The Morgan fingerprint density at radius 1 is 1.08 bits per heavy atom. The Morgan fingerprint density at radius 2 is 1.96 bits per heavy atom. The Kier molecular flexibility index (Phi) is 3.68. The fourth-order valence-electron chi connectivity index (χ4n) is 3.99. The van der Waals surface area contributed by atoms with Gasteiger partial charge in [-0.3, -0.25) is 4.90 Å². The van der Waals surface area contributed by atoms with Crippen molar-refractivity contribution in [1.29, 1.82) is 0 Å². The number of furan rings is 1. The summed E-state index contributed by atoms with van der Waals surface area (Å²) in [6.45, 7) is 7.19. The summed E-state index contributed by atoms with van der Waals surface area (Å²) < 4.78 is 5.51. The van der Waals surface area contributed by atoms with Crippen LogP contribution in [0, 0.1) is 6.92 Å². The first kappa shape index (κ1) is 15.5. The van der Waals surface area contributed by atoms with E-state index in [2.05, 4.69) is 51.1 Å². The van der Waals surface area contributed by atoms with Crippen LogP contribution in [0.25, 0.3) is 21.9 Å². The summed E-state index contributed by atoms with van der Waals surface area (Å²) in [6.07, 6.45) is 5.74. The highest BCUT2D eigenvalue weighted by Gasteiger charge is 2.21. The number of anilines is 1. The summed E-state index contributed by atoms with van der Waals surface area (Å²) in [7, 11) is 0. The number of hydrogen-bond donors (Lipinski definition) is 1. The number of H-pyrrole nitrogens is 1. The average Bonchev–Trinajstić information content (AvgIpc) is 3.30. The molecule has 3 aromatic heterocycles. The molecule has 1 aliphatic rings. The number of aryl methyl sites for hydroxylation is 1. The number of pyridine rings is 1. The zero-order valence-electron chi connectivity index (χ0n) is 14.9. The number of nitrogens with one attached hydrogen (secondary N) is 1. The molecule has 0 aliphatic carbocycles. The number of hydrogen-bond acceptors (Lipinski definition) is 4. The van der Waals surface area contributed by atoms with Crippen LogP contribution in [0.3, 0.4) is 0 Å². The summed E-state index contributed by atoms with van der Waals surface area (Å²) in [6, 6.07) is 10.5. The van der Waals surface area contributed by atoms with Gasteiger partial charge in [0.25, 0.3) is 0 Å². The third-order valence-corrected chi connectivity index (χ3v) is 5.43. The van der Waals surface area contributed by atoms with E-state index >= 15 is 0 Å². The Balaban J connectivity index is 1.31. The van der Waals surface area contributed by atoms with Crippen molar-refractivity contribution < 1.29 is 4.42 Å². The molecule has 0 amide bonds. The van der Waals surface area contributed by atoms with Crippen molar-refractivity contribution in [1.82, 2.24) is 14.9 Å². The Morgan fingerprint density at radius 3 is 2.85 bits per heavy atom. The largest absolute Gasteiger partial charge is 0.464 e. The standard InChI is InChI=1S/C21H22N4O/c1-15-3-2-4-17-16(13-23-20(15)17)14-24-8-10-25(11-9-24)21-18-6-12-26-19(18)5-7-22-21/h2-7,12-13,23H,8-11,14H2,1H3. The molecule has 4 aromatic rings. The first-order chi connectivity index (χ1) is 12.8. The maximum atomic E-state index is 5.51.